The highest BCUT2D eigenvalue weighted by Crippen LogP contribution is 2.37. The van der Waals surface area contributed by atoms with Crippen LogP contribution in [0.15, 0.2) is 47.2 Å². The Bertz CT molecular complexity index is 858. The van der Waals surface area contributed by atoms with Crippen molar-refractivity contribution in [1.82, 2.24) is 9.97 Å². The second-order valence-corrected chi connectivity index (χ2v) is 6.44. The van der Waals surface area contributed by atoms with E-state index in [4.69, 9.17) is 10.7 Å². The number of hydrogen-bond donors (Lipinski definition) is 1. The third kappa shape index (κ3) is 3.29. The average molecular weight is 428 g/mol. The molecule has 3 heterocycles. The van der Waals surface area contributed by atoms with Crippen LogP contribution in [0.3, 0.4) is 0 Å². The summed E-state index contributed by atoms with van der Waals surface area (Å²) in [5.74, 6) is 1.01. The molecule has 1 aliphatic heterocycles. The summed E-state index contributed by atoms with van der Waals surface area (Å²) in [6, 6.07) is 10.1. The molecule has 0 amide bonds. The third-order valence-electron chi connectivity index (χ3n) is 4.10. The Labute approximate surface area is 161 Å². The number of nitrogens with zero attached hydrogens (tertiary/aromatic N) is 3. The largest absolute Gasteiger partial charge is 0.398 e. The lowest BCUT2D eigenvalue weighted by Gasteiger charge is -2.19. The maximum atomic E-state index is 6.39. The van der Waals surface area contributed by atoms with E-state index in [1.807, 2.05) is 30.5 Å². The molecule has 0 saturated carbocycles. The predicted octanol–water partition coefficient (Wildman–Crippen LogP) is 4.38. The first-order valence-corrected chi connectivity index (χ1v) is 8.03. The molecule has 2 N–H and O–H groups in total. The molecule has 0 radical (unpaired) electrons. The van der Waals surface area contributed by atoms with Crippen molar-refractivity contribution in [3.05, 3.63) is 58.3 Å². The summed E-state index contributed by atoms with van der Waals surface area (Å²) in [4.78, 5) is 11.3. The van der Waals surface area contributed by atoms with E-state index in [0.717, 1.165) is 52.0 Å². The van der Waals surface area contributed by atoms with Gasteiger partial charge in [-0.15, -0.1) is 24.8 Å². The highest BCUT2D eigenvalue weighted by Gasteiger charge is 2.24. The number of anilines is 2. The Balaban J connectivity index is 0.00000104. The van der Waals surface area contributed by atoms with Crippen LogP contribution in [0.25, 0.3) is 10.9 Å². The standard InChI is InChI=1S/C17H15BrN4.2ClH/c18-12-3-4-15-14(8-12)16(19)13-5-7-22(17(13)21-15)10-11-2-1-6-20-9-11;;/h1-4,6,8-9H,5,7,10H2,(H2,19,21);2*1H. The molecule has 2 aromatic heterocycles. The summed E-state index contributed by atoms with van der Waals surface area (Å²) >= 11 is 3.50. The summed E-state index contributed by atoms with van der Waals surface area (Å²) in [7, 11) is 0. The number of fused-ring (bicyclic) bond motifs is 2. The van der Waals surface area contributed by atoms with Crippen molar-refractivity contribution < 1.29 is 0 Å². The summed E-state index contributed by atoms with van der Waals surface area (Å²) in [6.45, 7) is 1.76. The molecule has 0 unspecified atom stereocenters. The van der Waals surface area contributed by atoms with Crippen LogP contribution in [0, 0.1) is 0 Å². The quantitative estimate of drug-likeness (QED) is 0.659. The van der Waals surface area contributed by atoms with Gasteiger partial charge in [0.15, 0.2) is 0 Å². The lowest BCUT2D eigenvalue weighted by atomic mass is 10.1. The maximum Gasteiger partial charge on any atom is 0.134 e. The molecule has 4 rings (SSSR count). The van der Waals surface area contributed by atoms with Crippen LogP contribution in [0.4, 0.5) is 11.5 Å². The first-order valence-electron chi connectivity index (χ1n) is 7.24. The highest BCUT2D eigenvalue weighted by molar-refractivity contribution is 9.10. The van der Waals surface area contributed by atoms with Gasteiger partial charge in [0, 0.05) is 46.6 Å². The minimum atomic E-state index is 0. The van der Waals surface area contributed by atoms with E-state index in [1.54, 1.807) is 6.20 Å². The van der Waals surface area contributed by atoms with E-state index in [1.165, 1.54) is 5.56 Å². The van der Waals surface area contributed by atoms with Crippen molar-refractivity contribution in [1.29, 1.82) is 0 Å². The molecule has 3 aromatic rings. The van der Waals surface area contributed by atoms with Crippen LogP contribution in [0.1, 0.15) is 11.1 Å². The maximum absolute atomic E-state index is 6.39. The Morgan fingerprint density at radius 2 is 2.04 bits per heavy atom. The van der Waals surface area contributed by atoms with Crippen LogP contribution >= 0.6 is 40.7 Å². The SMILES string of the molecule is Cl.Cl.Nc1c2c(nc3ccc(Br)cc13)N(Cc1cccnc1)CC2. The third-order valence-corrected chi connectivity index (χ3v) is 4.59. The molecule has 4 nitrogen and oxygen atoms in total. The molecule has 0 aliphatic carbocycles. The van der Waals surface area contributed by atoms with Gasteiger partial charge >= 0.3 is 0 Å². The van der Waals surface area contributed by atoms with Gasteiger partial charge in [0.1, 0.15) is 5.82 Å². The van der Waals surface area contributed by atoms with E-state index in [9.17, 15) is 0 Å². The van der Waals surface area contributed by atoms with Gasteiger partial charge < -0.3 is 10.6 Å². The molecule has 0 atom stereocenters. The fourth-order valence-electron chi connectivity index (χ4n) is 3.01. The molecule has 0 saturated heterocycles. The molecule has 126 valence electrons. The van der Waals surface area contributed by atoms with Gasteiger partial charge in [-0.3, -0.25) is 4.98 Å². The first kappa shape index (κ1) is 18.8. The monoisotopic (exact) mass is 426 g/mol. The first-order chi connectivity index (χ1) is 10.7. The van der Waals surface area contributed by atoms with Crippen molar-refractivity contribution in [2.24, 2.45) is 0 Å². The van der Waals surface area contributed by atoms with Crippen LogP contribution < -0.4 is 10.6 Å². The number of aromatic nitrogens is 2. The number of halogens is 3. The normalized spacial score (nSPS) is 12.5. The lowest BCUT2D eigenvalue weighted by Crippen LogP contribution is -2.20. The van der Waals surface area contributed by atoms with Crippen molar-refractivity contribution in [2.45, 2.75) is 13.0 Å². The van der Waals surface area contributed by atoms with Crippen LogP contribution in [0.2, 0.25) is 0 Å². The smallest absolute Gasteiger partial charge is 0.134 e. The minimum Gasteiger partial charge on any atom is -0.398 e. The van der Waals surface area contributed by atoms with Crippen molar-refractivity contribution >= 4 is 63.2 Å². The zero-order valence-electron chi connectivity index (χ0n) is 12.8. The number of hydrogen-bond acceptors (Lipinski definition) is 4. The summed E-state index contributed by atoms with van der Waals surface area (Å²) in [6.07, 6.45) is 4.64. The van der Waals surface area contributed by atoms with E-state index < -0.39 is 0 Å². The number of benzene rings is 1. The van der Waals surface area contributed by atoms with Gasteiger partial charge in [-0.2, -0.15) is 0 Å². The predicted molar refractivity (Wildman–Crippen MR) is 107 cm³/mol. The Hall–Kier alpha value is -1.56. The van der Waals surface area contributed by atoms with E-state index in [2.05, 4.69) is 31.9 Å². The highest BCUT2D eigenvalue weighted by atomic mass is 79.9. The van der Waals surface area contributed by atoms with Gasteiger partial charge in [-0.05, 0) is 36.2 Å². The van der Waals surface area contributed by atoms with Crippen LogP contribution in [-0.2, 0) is 13.0 Å². The topological polar surface area (TPSA) is 55.0 Å². The summed E-state index contributed by atoms with van der Waals surface area (Å²) in [5.41, 5.74) is 10.5. The molecule has 7 heteroatoms. The van der Waals surface area contributed by atoms with Gasteiger partial charge in [0.2, 0.25) is 0 Å². The number of nitrogen functional groups attached to an aromatic ring is 1. The lowest BCUT2D eigenvalue weighted by molar-refractivity contribution is 0.823. The average Bonchev–Trinajstić information content (AvgIpc) is 2.93. The number of rotatable bonds is 2. The molecular formula is C17H17BrCl2N4. The fourth-order valence-corrected chi connectivity index (χ4v) is 3.37. The second-order valence-electron chi connectivity index (χ2n) is 5.52. The van der Waals surface area contributed by atoms with E-state index in [0.29, 0.717) is 0 Å². The number of pyridine rings is 2. The van der Waals surface area contributed by atoms with Crippen LogP contribution in [-0.4, -0.2) is 16.5 Å². The Kier molecular flexibility index (Phi) is 5.91. The van der Waals surface area contributed by atoms with E-state index >= 15 is 0 Å². The molecule has 0 bridgehead atoms. The zero-order chi connectivity index (χ0) is 15.1. The minimum absolute atomic E-state index is 0. The zero-order valence-corrected chi connectivity index (χ0v) is 16.0. The van der Waals surface area contributed by atoms with Gasteiger partial charge in [-0.25, -0.2) is 4.98 Å². The van der Waals surface area contributed by atoms with Crippen molar-refractivity contribution in [3.63, 3.8) is 0 Å². The Morgan fingerprint density at radius 3 is 2.79 bits per heavy atom. The molecule has 0 fully saturated rings. The van der Waals surface area contributed by atoms with Crippen LogP contribution in [0.5, 0.6) is 0 Å². The fraction of sp³-hybridized carbons (Fsp3) is 0.176. The summed E-state index contributed by atoms with van der Waals surface area (Å²) in [5, 5.41) is 1.02. The molecule has 0 spiro atoms. The molecule has 24 heavy (non-hydrogen) atoms. The van der Waals surface area contributed by atoms with Crippen molar-refractivity contribution in [3.8, 4) is 0 Å². The number of nitrogens with two attached hydrogens (primary N) is 1. The van der Waals surface area contributed by atoms with Gasteiger partial charge in [0.25, 0.3) is 0 Å². The Morgan fingerprint density at radius 1 is 1.21 bits per heavy atom. The summed E-state index contributed by atoms with van der Waals surface area (Å²) < 4.78 is 1.03. The van der Waals surface area contributed by atoms with Gasteiger partial charge in [-0.1, -0.05) is 22.0 Å². The van der Waals surface area contributed by atoms with Gasteiger partial charge in [0.05, 0.1) is 5.52 Å². The molecular weight excluding hydrogens is 411 g/mol. The molecule has 1 aliphatic rings. The van der Waals surface area contributed by atoms with Crippen molar-refractivity contribution in [2.75, 3.05) is 17.2 Å². The second kappa shape index (κ2) is 7.55. The van der Waals surface area contributed by atoms with E-state index in [-0.39, 0.29) is 24.8 Å². The molecule has 1 aromatic carbocycles.